The smallest absolute Gasteiger partial charge is 0.407 e. The van der Waals surface area contributed by atoms with Crippen molar-refractivity contribution in [3.05, 3.63) is 35.4 Å². The number of carbonyl (C=O) groups is 2. The van der Waals surface area contributed by atoms with Crippen molar-refractivity contribution >= 4 is 12.0 Å². The summed E-state index contributed by atoms with van der Waals surface area (Å²) in [5.74, 6) is 0.727. The Morgan fingerprint density at radius 2 is 1.89 bits per heavy atom. The molecule has 6 nitrogen and oxygen atoms in total. The Balaban J connectivity index is 1.67. The molecule has 28 heavy (non-hydrogen) atoms. The Bertz CT molecular complexity index is 637. The van der Waals surface area contributed by atoms with Crippen LogP contribution in [-0.2, 0) is 11.3 Å². The topological polar surface area (TPSA) is 70.7 Å². The fourth-order valence-corrected chi connectivity index (χ4v) is 3.36. The highest BCUT2D eigenvalue weighted by Crippen LogP contribution is 2.15. The molecular weight excluding hydrogens is 354 g/mol. The van der Waals surface area contributed by atoms with E-state index in [9.17, 15) is 9.59 Å². The molecule has 2 amide bonds. The molecule has 0 aliphatic carbocycles. The van der Waals surface area contributed by atoms with Crippen LogP contribution in [0, 0.1) is 5.92 Å². The lowest BCUT2D eigenvalue weighted by atomic mass is 10.0. The average molecular weight is 390 g/mol. The van der Waals surface area contributed by atoms with Crippen LogP contribution in [0.15, 0.2) is 24.3 Å². The van der Waals surface area contributed by atoms with Gasteiger partial charge in [0.1, 0.15) is 5.60 Å². The fraction of sp³-hybridized carbons (Fsp3) is 0.636. The Labute approximate surface area is 169 Å². The van der Waals surface area contributed by atoms with E-state index in [1.807, 2.05) is 32.9 Å². The number of hydrogen-bond acceptors (Lipinski definition) is 4. The number of nitrogens with one attached hydrogen (secondary N) is 2. The Morgan fingerprint density at radius 3 is 2.54 bits per heavy atom. The van der Waals surface area contributed by atoms with Crippen LogP contribution in [0.1, 0.15) is 62.9 Å². The van der Waals surface area contributed by atoms with Crippen LogP contribution < -0.4 is 10.6 Å². The number of likely N-dealkylation sites (tertiary alicyclic amines) is 1. The molecule has 0 aromatic heterocycles. The number of amides is 2. The predicted molar refractivity (Wildman–Crippen MR) is 111 cm³/mol. The summed E-state index contributed by atoms with van der Waals surface area (Å²) >= 11 is 0. The number of benzene rings is 1. The summed E-state index contributed by atoms with van der Waals surface area (Å²) < 4.78 is 5.21. The molecule has 0 saturated carbocycles. The van der Waals surface area contributed by atoms with Crippen molar-refractivity contribution in [3.8, 4) is 0 Å². The number of alkyl carbamates (subject to hydrolysis) is 1. The second kappa shape index (κ2) is 10.5. The highest BCUT2D eigenvalue weighted by molar-refractivity contribution is 5.94. The molecule has 1 aromatic carbocycles. The van der Waals surface area contributed by atoms with Gasteiger partial charge in [-0.05, 0) is 76.7 Å². The van der Waals surface area contributed by atoms with E-state index >= 15 is 0 Å². The minimum atomic E-state index is -0.516. The van der Waals surface area contributed by atoms with Crippen molar-refractivity contribution in [2.45, 2.75) is 59.1 Å². The van der Waals surface area contributed by atoms with E-state index in [1.165, 1.54) is 25.9 Å². The Hall–Kier alpha value is -2.08. The van der Waals surface area contributed by atoms with E-state index in [1.54, 1.807) is 12.1 Å². The summed E-state index contributed by atoms with van der Waals surface area (Å²) in [5, 5.41) is 5.70. The van der Waals surface area contributed by atoms with E-state index in [2.05, 4.69) is 22.5 Å². The lowest BCUT2D eigenvalue weighted by molar-refractivity contribution is 0.0523. The minimum absolute atomic E-state index is 0.0568. The van der Waals surface area contributed by atoms with Crippen molar-refractivity contribution in [1.82, 2.24) is 15.5 Å². The number of nitrogens with zero attached hydrogens (tertiary/aromatic N) is 1. The van der Waals surface area contributed by atoms with Crippen LogP contribution >= 0.6 is 0 Å². The molecule has 1 aliphatic heterocycles. The molecule has 1 unspecified atom stereocenters. The first-order valence-corrected chi connectivity index (χ1v) is 10.3. The van der Waals surface area contributed by atoms with Crippen LogP contribution in [0.4, 0.5) is 4.79 Å². The van der Waals surface area contributed by atoms with Gasteiger partial charge >= 0.3 is 6.09 Å². The summed E-state index contributed by atoms with van der Waals surface area (Å²) in [5.41, 5.74) is 1.03. The number of ether oxygens (including phenoxy) is 1. The first kappa shape index (κ1) is 22.2. The normalized spacial score (nSPS) is 17.8. The summed E-state index contributed by atoms with van der Waals surface area (Å²) in [7, 11) is 0. The van der Waals surface area contributed by atoms with Crippen LogP contribution in [0.2, 0.25) is 0 Å². The third kappa shape index (κ3) is 8.30. The molecule has 156 valence electrons. The SMILES string of the molecule is CC1CCCN(CCCNC(=O)c2ccc(CNC(=O)OC(C)(C)C)cc2)C1. The molecule has 1 saturated heterocycles. The van der Waals surface area contributed by atoms with Crippen LogP contribution in [-0.4, -0.2) is 48.7 Å². The van der Waals surface area contributed by atoms with Gasteiger partial charge in [0.15, 0.2) is 0 Å². The molecule has 1 fully saturated rings. The molecule has 1 atom stereocenters. The van der Waals surface area contributed by atoms with Crippen molar-refractivity contribution in [1.29, 1.82) is 0 Å². The van der Waals surface area contributed by atoms with Gasteiger partial charge in [-0.3, -0.25) is 4.79 Å². The second-order valence-electron chi connectivity index (χ2n) is 8.71. The van der Waals surface area contributed by atoms with Gasteiger partial charge in [0, 0.05) is 25.2 Å². The van der Waals surface area contributed by atoms with Gasteiger partial charge in [-0.25, -0.2) is 4.79 Å². The number of hydrogen-bond donors (Lipinski definition) is 2. The largest absolute Gasteiger partial charge is 0.444 e. The quantitative estimate of drug-likeness (QED) is 0.700. The van der Waals surface area contributed by atoms with E-state index in [-0.39, 0.29) is 5.91 Å². The maximum absolute atomic E-state index is 12.3. The molecule has 0 bridgehead atoms. The summed E-state index contributed by atoms with van der Waals surface area (Å²) in [6.45, 7) is 12.2. The van der Waals surface area contributed by atoms with E-state index in [0.29, 0.717) is 18.7 Å². The number of carbonyl (C=O) groups excluding carboxylic acids is 2. The second-order valence-corrected chi connectivity index (χ2v) is 8.71. The van der Waals surface area contributed by atoms with Crippen molar-refractivity contribution in [2.75, 3.05) is 26.2 Å². The summed E-state index contributed by atoms with van der Waals surface area (Å²) in [6, 6.07) is 7.27. The van der Waals surface area contributed by atoms with Crippen LogP contribution in [0.25, 0.3) is 0 Å². The van der Waals surface area contributed by atoms with Crippen LogP contribution in [0.5, 0.6) is 0 Å². The molecule has 6 heteroatoms. The average Bonchev–Trinajstić information content (AvgIpc) is 2.62. The maximum Gasteiger partial charge on any atom is 0.407 e. The zero-order valence-electron chi connectivity index (χ0n) is 17.7. The van der Waals surface area contributed by atoms with Gasteiger partial charge in [0.25, 0.3) is 5.91 Å². The van der Waals surface area contributed by atoms with Gasteiger partial charge < -0.3 is 20.3 Å². The Kier molecular flexibility index (Phi) is 8.30. The lowest BCUT2D eigenvalue weighted by Gasteiger charge is -2.30. The van der Waals surface area contributed by atoms with Gasteiger partial charge in [0.2, 0.25) is 0 Å². The Morgan fingerprint density at radius 1 is 1.18 bits per heavy atom. The highest BCUT2D eigenvalue weighted by atomic mass is 16.6. The first-order chi connectivity index (χ1) is 13.2. The summed E-state index contributed by atoms with van der Waals surface area (Å²) in [6.07, 6.45) is 3.13. The number of rotatable bonds is 7. The van der Waals surface area contributed by atoms with Gasteiger partial charge in [0.05, 0.1) is 0 Å². The molecule has 0 radical (unpaired) electrons. The van der Waals surface area contributed by atoms with E-state index in [0.717, 1.165) is 24.4 Å². The van der Waals surface area contributed by atoms with E-state index < -0.39 is 11.7 Å². The monoisotopic (exact) mass is 389 g/mol. The molecule has 1 aliphatic rings. The highest BCUT2D eigenvalue weighted by Gasteiger charge is 2.16. The zero-order valence-corrected chi connectivity index (χ0v) is 17.7. The lowest BCUT2D eigenvalue weighted by Crippen LogP contribution is -2.36. The molecule has 2 N–H and O–H groups in total. The van der Waals surface area contributed by atoms with Crippen LogP contribution in [0.3, 0.4) is 0 Å². The third-order valence-electron chi connectivity index (χ3n) is 4.73. The third-order valence-corrected chi connectivity index (χ3v) is 4.73. The van der Waals surface area contributed by atoms with Gasteiger partial charge in [-0.15, -0.1) is 0 Å². The molecule has 1 aromatic rings. The number of piperidine rings is 1. The molecular formula is C22H35N3O3. The van der Waals surface area contributed by atoms with E-state index in [4.69, 9.17) is 4.74 Å². The summed E-state index contributed by atoms with van der Waals surface area (Å²) in [4.78, 5) is 26.4. The molecule has 2 rings (SSSR count). The maximum atomic E-state index is 12.3. The minimum Gasteiger partial charge on any atom is -0.444 e. The van der Waals surface area contributed by atoms with Gasteiger partial charge in [-0.2, -0.15) is 0 Å². The van der Waals surface area contributed by atoms with Crippen molar-refractivity contribution in [2.24, 2.45) is 5.92 Å². The fourth-order valence-electron chi connectivity index (χ4n) is 3.36. The predicted octanol–water partition coefficient (Wildman–Crippen LogP) is 3.56. The molecule has 0 spiro atoms. The van der Waals surface area contributed by atoms with Crippen molar-refractivity contribution < 1.29 is 14.3 Å². The standard InChI is InChI=1S/C22H35N3O3/c1-17-7-5-13-25(16-17)14-6-12-23-20(26)19-10-8-18(9-11-19)15-24-21(27)28-22(2,3)4/h8-11,17H,5-7,12-16H2,1-4H3,(H,23,26)(H,24,27). The van der Waals surface area contributed by atoms with Gasteiger partial charge in [-0.1, -0.05) is 19.1 Å². The van der Waals surface area contributed by atoms with Crippen molar-refractivity contribution in [3.63, 3.8) is 0 Å². The zero-order chi connectivity index (χ0) is 20.6. The first-order valence-electron chi connectivity index (χ1n) is 10.3. The molecule has 1 heterocycles.